The second-order valence-electron chi connectivity index (χ2n) is 4.56. The molecule has 0 aliphatic rings. The Kier molecular flexibility index (Phi) is 5.55. The first kappa shape index (κ1) is 14.4. The second kappa shape index (κ2) is 6.93. The normalized spacial score (nSPS) is 12.2. The fourth-order valence-corrected chi connectivity index (χ4v) is 1.65. The van der Waals surface area contributed by atoms with Crippen molar-refractivity contribution in [2.75, 3.05) is 11.9 Å². The number of carboxylic acids is 1. The van der Waals surface area contributed by atoms with Crippen LogP contribution >= 0.6 is 0 Å². The molecule has 5 nitrogen and oxygen atoms in total. The van der Waals surface area contributed by atoms with Gasteiger partial charge in [0.05, 0.1) is 0 Å². The van der Waals surface area contributed by atoms with E-state index in [0.29, 0.717) is 12.3 Å². The number of carboxylic acid groups (broad SMARTS) is 1. The molecule has 0 amide bonds. The van der Waals surface area contributed by atoms with Crippen LogP contribution in [0.5, 0.6) is 0 Å². The Hall–Kier alpha value is -1.65. The Labute approximate surface area is 108 Å². The van der Waals surface area contributed by atoms with E-state index in [2.05, 4.69) is 22.2 Å². The van der Waals surface area contributed by atoms with Crippen LogP contribution in [0.1, 0.15) is 38.2 Å². The molecular formula is C13H21N3O2. The van der Waals surface area contributed by atoms with Crippen LogP contribution < -0.4 is 5.32 Å². The highest BCUT2D eigenvalue weighted by molar-refractivity contribution is 5.66. The molecule has 0 radical (unpaired) electrons. The summed E-state index contributed by atoms with van der Waals surface area (Å²) < 4.78 is 0. The van der Waals surface area contributed by atoms with Gasteiger partial charge in [-0.05, 0) is 25.7 Å². The zero-order chi connectivity index (χ0) is 13.5. The van der Waals surface area contributed by atoms with Gasteiger partial charge >= 0.3 is 5.97 Å². The Morgan fingerprint density at radius 1 is 1.50 bits per heavy atom. The highest BCUT2D eigenvalue weighted by atomic mass is 16.4. The average molecular weight is 251 g/mol. The maximum atomic E-state index is 10.5. The fourth-order valence-electron chi connectivity index (χ4n) is 1.65. The number of nitrogens with one attached hydrogen (secondary N) is 1. The van der Waals surface area contributed by atoms with E-state index in [1.807, 2.05) is 19.9 Å². The largest absolute Gasteiger partial charge is 0.481 e. The van der Waals surface area contributed by atoms with E-state index in [1.54, 1.807) is 0 Å². The Morgan fingerprint density at radius 3 is 2.83 bits per heavy atom. The molecule has 0 aromatic carbocycles. The third-order valence-electron chi connectivity index (χ3n) is 2.74. The number of nitrogens with zero attached hydrogens (tertiary/aromatic N) is 2. The van der Waals surface area contributed by atoms with Crippen molar-refractivity contribution in [3.05, 3.63) is 17.6 Å². The molecule has 0 saturated heterocycles. The lowest BCUT2D eigenvalue weighted by Gasteiger charge is -2.12. The molecular weight excluding hydrogens is 230 g/mol. The highest BCUT2D eigenvalue weighted by Crippen LogP contribution is 2.10. The molecule has 0 bridgehead atoms. The van der Waals surface area contributed by atoms with Crippen LogP contribution in [0, 0.1) is 12.8 Å². The molecule has 1 rings (SSSR count). The van der Waals surface area contributed by atoms with Gasteiger partial charge in [-0.3, -0.25) is 4.79 Å². The molecule has 0 spiro atoms. The lowest BCUT2D eigenvalue weighted by atomic mass is 10.1. The van der Waals surface area contributed by atoms with Crippen LogP contribution in [0.25, 0.3) is 0 Å². The number of rotatable bonds is 7. The first-order chi connectivity index (χ1) is 8.51. The number of aromatic nitrogens is 2. The summed E-state index contributed by atoms with van der Waals surface area (Å²) >= 11 is 0. The van der Waals surface area contributed by atoms with Gasteiger partial charge in [0.2, 0.25) is 0 Å². The maximum absolute atomic E-state index is 10.5. The zero-order valence-corrected chi connectivity index (χ0v) is 11.2. The summed E-state index contributed by atoms with van der Waals surface area (Å²) in [6, 6.07) is 1.94. The molecule has 5 heteroatoms. The SMILES string of the molecule is CCc1cc(NCC(C)CCC(=O)O)nc(C)n1. The van der Waals surface area contributed by atoms with Crippen LogP contribution in [-0.2, 0) is 11.2 Å². The van der Waals surface area contributed by atoms with Crippen molar-refractivity contribution in [3.8, 4) is 0 Å². The summed E-state index contributed by atoms with van der Waals surface area (Å²) in [6.45, 7) is 6.69. The van der Waals surface area contributed by atoms with Crippen molar-refractivity contribution >= 4 is 11.8 Å². The Balaban J connectivity index is 2.47. The standard InChI is InChI=1S/C13H21N3O2/c1-4-11-7-12(16-10(3)15-11)14-8-9(2)5-6-13(17)18/h7,9H,4-6,8H2,1-3H3,(H,17,18)(H,14,15,16). The summed E-state index contributed by atoms with van der Waals surface area (Å²) in [7, 11) is 0. The van der Waals surface area contributed by atoms with Gasteiger partial charge in [-0.25, -0.2) is 9.97 Å². The van der Waals surface area contributed by atoms with Crippen LogP contribution in [0.3, 0.4) is 0 Å². The van der Waals surface area contributed by atoms with E-state index in [1.165, 1.54) is 0 Å². The molecule has 0 fully saturated rings. The quantitative estimate of drug-likeness (QED) is 0.777. The molecule has 1 aromatic rings. The first-order valence-corrected chi connectivity index (χ1v) is 6.31. The van der Waals surface area contributed by atoms with Gasteiger partial charge in [0, 0.05) is 24.7 Å². The van der Waals surface area contributed by atoms with Gasteiger partial charge in [-0.2, -0.15) is 0 Å². The van der Waals surface area contributed by atoms with Crippen LogP contribution in [0.15, 0.2) is 6.07 Å². The Morgan fingerprint density at radius 2 is 2.22 bits per heavy atom. The van der Waals surface area contributed by atoms with Crippen molar-refractivity contribution in [2.24, 2.45) is 5.92 Å². The number of aliphatic carboxylic acids is 1. The number of aryl methyl sites for hydroxylation is 2. The molecule has 1 atom stereocenters. The van der Waals surface area contributed by atoms with Gasteiger partial charge < -0.3 is 10.4 Å². The molecule has 1 aromatic heterocycles. The van der Waals surface area contributed by atoms with Gasteiger partial charge in [0.15, 0.2) is 0 Å². The molecule has 1 heterocycles. The van der Waals surface area contributed by atoms with Crippen molar-refractivity contribution in [3.63, 3.8) is 0 Å². The predicted molar refractivity (Wildman–Crippen MR) is 70.7 cm³/mol. The number of carbonyl (C=O) groups is 1. The topological polar surface area (TPSA) is 75.1 Å². The minimum absolute atomic E-state index is 0.214. The molecule has 1 unspecified atom stereocenters. The van der Waals surface area contributed by atoms with Crippen molar-refractivity contribution in [2.45, 2.75) is 40.0 Å². The summed E-state index contributed by atoms with van der Waals surface area (Å²) in [6.07, 6.45) is 1.77. The van der Waals surface area contributed by atoms with Gasteiger partial charge in [-0.1, -0.05) is 13.8 Å². The second-order valence-corrected chi connectivity index (χ2v) is 4.56. The van der Waals surface area contributed by atoms with Gasteiger partial charge in [0.25, 0.3) is 0 Å². The Bertz CT molecular complexity index is 407. The molecule has 100 valence electrons. The van der Waals surface area contributed by atoms with Crippen molar-refractivity contribution in [1.82, 2.24) is 9.97 Å². The van der Waals surface area contributed by atoms with E-state index in [9.17, 15) is 4.79 Å². The monoisotopic (exact) mass is 251 g/mol. The van der Waals surface area contributed by atoms with E-state index >= 15 is 0 Å². The van der Waals surface area contributed by atoms with Crippen LogP contribution in [0.2, 0.25) is 0 Å². The van der Waals surface area contributed by atoms with E-state index in [0.717, 1.165) is 30.3 Å². The number of anilines is 1. The molecule has 0 aliphatic carbocycles. The van der Waals surface area contributed by atoms with Crippen molar-refractivity contribution in [1.29, 1.82) is 0 Å². The first-order valence-electron chi connectivity index (χ1n) is 6.31. The molecule has 18 heavy (non-hydrogen) atoms. The number of hydrogen-bond acceptors (Lipinski definition) is 4. The molecule has 2 N–H and O–H groups in total. The third kappa shape index (κ3) is 5.12. The number of hydrogen-bond donors (Lipinski definition) is 2. The van der Waals surface area contributed by atoms with Crippen molar-refractivity contribution < 1.29 is 9.90 Å². The van der Waals surface area contributed by atoms with Crippen LogP contribution in [0.4, 0.5) is 5.82 Å². The van der Waals surface area contributed by atoms with Crippen LogP contribution in [-0.4, -0.2) is 27.6 Å². The minimum Gasteiger partial charge on any atom is -0.481 e. The fraction of sp³-hybridized carbons (Fsp3) is 0.615. The smallest absolute Gasteiger partial charge is 0.303 e. The summed E-state index contributed by atoms with van der Waals surface area (Å²) in [5.41, 5.74) is 1.02. The zero-order valence-electron chi connectivity index (χ0n) is 11.2. The summed E-state index contributed by atoms with van der Waals surface area (Å²) in [4.78, 5) is 19.1. The van der Waals surface area contributed by atoms with Gasteiger partial charge in [-0.15, -0.1) is 0 Å². The minimum atomic E-state index is -0.743. The van der Waals surface area contributed by atoms with E-state index < -0.39 is 5.97 Å². The lowest BCUT2D eigenvalue weighted by molar-refractivity contribution is -0.137. The van der Waals surface area contributed by atoms with E-state index in [-0.39, 0.29) is 6.42 Å². The highest BCUT2D eigenvalue weighted by Gasteiger charge is 2.06. The summed E-state index contributed by atoms with van der Waals surface area (Å²) in [5.74, 6) is 1.14. The maximum Gasteiger partial charge on any atom is 0.303 e. The average Bonchev–Trinajstić information content (AvgIpc) is 2.33. The summed E-state index contributed by atoms with van der Waals surface area (Å²) in [5, 5.41) is 11.9. The predicted octanol–water partition coefficient (Wildman–Crippen LogP) is 2.26. The van der Waals surface area contributed by atoms with Gasteiger partial charge in [0.1, 0.15) is 11.6 Å². The molecule has 0 aliphatic heterocycles. The third-order valence-corrected chi connectivity index (χ3v) is 2.74. The van der Waals surface area contributed by atoms with E-state index in [4.69, 9.17) is 5.11 Å². The lowest BCUT2D eigenvalue weighted by Crippen LogP contribution is -2.14. The molecule has 0 saturated carbocycles.